The molecule has 138 valence electrons. The molecular formula is C19H26N6O. The lowest BCUT2D eigenvalue weighted by Gasteiger charge is -2.22. The molecule has 2 aliphatic rings. The van der Waals surface area contributed by atoms with E-state index in [4.69, 9.17) is 4.52 Å². The van der Waals surface area contributed by atoms with Crippen LogP contribution >= 0.6 is 0 Å². The summed E-state index contributed by atoms with van der Waals surface area (Å²) in [6.07, 6.45) is 7.93. The van der Waals surface area contributed by atoms with Crippen LogP contribution in [-0.4, -0.2) is 52.7 Å². The fourth-order valence-electron chi connectivity index (χ4n) is 4.15. The Morgan fingerprint density at radius 2 is 2.08 bits per heavy atom. The lowest BCUT2D eigenvalue weighted by atomic mass is 9.82. The third kappa shape index (κ3) is 3.71. The molecule has 0 bridgehead atoms. The summed E-state index contributed by atoms with van der Waals surface area (Å²) in [6.45, 7) is 3.01. The lowest BCUT2D eigenvalue weighted by Crippen LogP contribution is -2.41. The van der Waals surface area contributed by atoms with Crippen LogP contribution in [0.1, 0.15) is 31.5 Å². The van der Waals surface area contributed by atoms with E-state index in [1.165, 1.54) is 25.7 Å². The van der Waals surface area contributed by atoms with Gasteiger partial charge in [0, 0.05) is 39.3 Å². The smallest absolute Gasteiger partial charge is 0.276 e. The van der Waals surface area contributed by atoms with Gasteiger partial charge in [0.15, 0.2) is 11.8 Å². The Balaban J connectivity index is 1.29. The maximum absolute atomic E-state index is 5.31. The van der Waals surface area contributed by atoms with Crippen molar-refractivity contribution in [1.82, 2.24) is 25.3 Å². The number of rotatable bonds is 4. The molecule has 2 aromatic rings. The Hall–Kier alpha value is -2.44. The van der Waals surface area contributed by atoms with Crippen LogP contribution in [0.5, 0.6) is 0 Å². The predicted octanol–water partition coefficient (Wildman–Crippen LogP) is 2.37. The SMILES string of the molecule is CN=C(NCCc1noc(-c2ccccn2)n1)N1CC2CCCCC2C1. The zero-order valence-corrected chi connectivity index (χ0v) is 15.3. The molecule has 1 saturated heterocycles. The normalized spacial score (nSPS) is 23.1. The van der Waals surface area contributed by atoms with Gasteiger partial charge in [-0.15, -0.1) is 0 Å². The van der Waals surface area contributed by atoms with E-state index < -0.39 is 0 Å². The van der Waals surface area contributed by atoms with Crippen molar-refractivity contribution < 1.29 is 4.52 Å². The summed E-state index contributed by atoms with van der Waals surface area (Å²) in [7, 11) is 1.86. The van der Waals surface area contributed by atoms with E-state index in [0.717, 1.165) is 37.4 Å². The first-order valence-corrected chi connectivity index (χ1v) is 9.53. The standard InChI is InChI=1S/C19H26N6O/c1-20-19(25-12-14-6-2-3-7-15(14)13-25)22-11-9-17-23-18(26-24-17)16-8-4-5-10-21-16/h4-5,8,10,14-15H,2-3,6-7,9,11-13H2,1H3,(H,20,22). The van der Waals surface area contributed by atoms with Crippen LogP contribution in [0.4, 0.5) is 0 Å². The van der Waals surface area contributed by atoms with Crippen molar-refractivity contribution >= 4 is 5.96 Å². The van der Waals surface area contributed by atoms with Crippen molar-refractivity contribution in [2.45, 2.75) is 32.1 Å². The summed E-state index contributed by atoms with van der Waals surface area (Å²) in [5.41, 5.74) is 0.703. The minimum Gasteiger partial charge on any atom is -0.356 e. The second kappa shape index (κ2) is 7.85. The maximum Gasteiger partial charge on any atom is 0.276 e. The number of nitrogens with zero attached hydrogens (tertiary/aromatic N) is 5. The van der Waals surface area contributed by atoms with Gasteiger partial charge in [-0.25, -0.2) is 0 Å². The quantitative estimate of drug-likeness (QED) is 0.671. The Morgan fingerprint density at radius 3 is 2.77 bits per heavy atom. The Morgan fingerprint density at radius 1 is 1.27 bits per heavy atom. The molecule has 4 rings (SSSR count). The summed E-state index contributed by atoms with van der Waals surface area (Å²) in [5, 5.41) is 7.51. The van der Waals surface area contributed by atoms with E-state index in [0.29, 0.717) is 23.8 Å². The lowest BCUT2D eigenvalue weighted by molar-refractivity contribution is 0.299. The predicted molar refractivity (Wildman–Crippen MR) is 99.6 cm³/mol. The van der Waals surface area contributed by atoms with Crippen LogP contribution in [0, 0.1) is 11.8 Å². The molecule has 1 saturated carbocycles. The van der Waals surface area contributed by atoms with Crippen molar-refractivity contribution in [1.29, 1.82) is 0 Å². The summed E-state index contributed by atoms with van der Waals surface area (Å²) in [5.74, 6) is 3.84. The second-order valence-electron chi connectivity index (χ2n) is 7.16. The zero-order chi connectivity index (χ0) is 17.8. The van der Waals surface area contributed by atoms with Gasteiger partial charge in [-0.1, -0.05) is 24.1 Å². The molecule has 26 heavy (non-hydrogen) atoms. The van der Waals surface area contributed by atoms with E-state index >= 15 is 0 Å². The minimum absolute atomic E-state index is 0.466. The van der Waals surface area contributed by atoms with Gasteiger partial charge in [-0.05, 0) is 36.8 Å². The number of hydrogen-bond acceptors (Lipinski definition) is 5. The van der Waals surface area contributed by atoms with E-state index in [2.05, 4.69) is 30.3 Å². The summed E-state index contributed by atoms with van der Waals surface area (Å²) in [4.78, 5) is 15.5. The number of fused-ring (bicyclic) bond motifs is 1. The molecule has 3 heterocycles. The van der Waals surface area contributed by atoms with Crippen LogP contribution < -0.4 is 5.32 Å². The molecule has 0 spiro atoms. The molecule has 1 aliphatic carbocycles. The zero-order valence-electron chi connectivity index (χ0n) is 15.3. The molecule has 2 atom stereocenters. The van der Waals surface area contributed by atoms with E-state index in [1.807, 2.05) is 25.2 Å². The number of aromatic nitrogens is 3. The molecule has 2 fully saturated rings. The van der Waals surface area contributed by atoms with Crippen LogP contribution in [0.25, 0.3) is 11.6 Å². The van der Waals surface area contributed by atoms with Crippen molar-refractivity contribution in [3.8, 4) is 11.6 Å². The molecule has 1 N–H and O–H groups in total. The highest BCUT2D eigenvalue weighted by molar-refractivity contribution is 5.80. The number of guanidine groups is 1. The number of aliphatic imine (C=N–C) groups is 1. The van der Waals surface area contributed by atoms with Gasteiger partial charge in [-0.2, -0.15) is 4.98 Å². The van der Waals surface area contributed by atoms with Crippen molar-refractivity contribution in [2.24, 2.45) is 16.8 Å². The summed E-state index contributed by atoms with van der Waals surface area (Å²) >= 11 is 0. The molecule has 1 aliphatic heterocycles. The topological polar surface area (TPSA) is 79.4 Å². The molecular weight excluding hydrogens is 328 g/mol. The number of nitrogens with one attached hydrogen (secondary N) is 1. The van der Waals surface area contributed by atoms with Gasteiger partial charge in [0.25, 0.3) is 5.89 Å². The third-order valence-corrected chi connectivity index (χ3v) is 5.47. The highest BCUT2D eigenvalue weighted by Gasteiger charge is 2.35. The van der Waals surface area contributed by atoms with Crippen molar-refractivity contribution in [3.63, 3.8) is 0 Å². The summed E-state index contributed by atoms with van der Waals surface area (Å²) < 4.78 is 5.31. The van der Waals surface area contributed by atoms with Gasteiger partial charge in [0.05, 0.1) is 0 Å². The van der Waals surface area contributed by atoms with E-state index in [9.17, 15) is 0 Å². The maximum atomic E-state index is 5.31. The van der Waals surface area contributed by atoms with Crippen molar-refractivity contribution in [2.75, 3.05) is 26.7 Å². The number of likely N-dealkylation sites (tertiary alicyclic amines) is 1. The molecule has 2 aromatic heterocycles. The Kier molecular flexibility index (Phi) is 5.13. The van der Waals surface area contributed by atoms with Gasteiger partial charge in [0.2, 0.25) is 0 Å². The molecule has 0 aromatic carbocycles. The highest BCUT2D eigenvalue weighted by Crippen LogP contribution is 2.35. The van der Waals surface area contributed by atoms with Gasteiger partial charge < -0.3 is 14.7 Å². The first-order chi connectivity index (χ1) is 12.8. The molecule has 7 heteroatoms. The van der Waals surface area contributed by atoms with Crippen LogP contribution in [0.2, 0.25) is 0 Å². The Labute approximate surface area is 153 Å². The molecule has 7 nitrogen and oxygen atoms in total. The number of hydrogen-bond donors (Lipinski definition) is 1. The third-order valence-electron chi connectivity index (χ3n) is 5.47. The minimum atomic E-state index is 0.466. The van der Waals surface area contributed by atoms with Gasteiger partial charge >= 0.3 is 0 Å². The molecule has 0 radical (unpaired) electrons. The average molecular weight is 354 g/mol. The fraction of sp³-hybridized carbons (Fsp3) is 0.579. The van der Waals surface area contributed by atoms with E-state index in [1.54, 1.807) is 6.20 Å². The first kappa shape index (κ1) is 17.0. The highest BCUT2D eigenvalue weighted by atomic mass is 16.5. The van der Waals surface area contributed by atoms with Crippen LogP contribution in [0.3, 0.4) is 0 Å². The van der Waals surface area contributed by atoms with Gasteiger partial charge in [0.1, 0.15) is 5.69 Å². The largest absolute Gasteiger partial charge is 0.356 e. The first-order valence-electron chi connectivity index (χ1n) is 9.53. The van der Waals surface area contributed by atoms with Crippen LogP contribution in [0.15, 0.2) is 33.9 Å². The Bertz CT molecular complexity index is 729. The van der Waals surface area contributed by atoms with Crippen LogP contribution in [-0.2, 0) is 6.42 Å². The van der Waals surface area contributed by atoms with Crippen molar-refractivity contribution in [3.05, 3.63) is 30.2 Å². The average Bonchev–Trinajstić information content (AvgIpc) is 3.33. The fourth-order valence-corrected chi connectivity index (χ4v) is 4.15. The second-order valence-corrected chi connectivity index (χ2v) is 7.16. The summed E-state index contributed by atoms with van der Waals surface area (Å²) in [6, 6.07) is 5.64. The van der Waals surface area contributed by atoms with E-state index in [-0.39, 0.29) is 0 Å². The number of pyridine rings is 1. The monoisotopic (exact) mass is 354 g/mol. The molecule has 0 amide bonds. The molecule has 2 unspecified atom stereocenters. The van der Waals surface area contributed by atoms with Gasteiger partial charge in [-0.3, -0.25) is 9.98 Å².